The summed E-state index contributed by atoms with van der Waals surface area (Å²) in [5.74, 6) is -1.38. The molecule has 38 heavy (non-hydrogen) atoms. The molecule has 2 amide bonds. The summed E-state index contributed by atoms with van der Waals surface area (Å²) in [5, 5.41) is 5.79. The molecule has 1 atom stereocenters. The van der Waals surface area contributed by atoms with E-state index in [0.29, 0.717) is 48.7 Å². The summed E-state index contributed by atoms with van der Waals surface area (Å²) in [6, 6.07) is 17.7. The van der Waals surface area contributed by atoms with Gasteiger partial charge in [0.05, 0.1) is 22.9 Å². The van der Waals surface area contributed by atoms with E-state index in [2.05, 4.69) is 15.5 Å². The number of piperazine rings is 1. The fourth-order valence-corrected chi connectivity index (χ4v) is 6.42. The molecule has 0 spiro atoms. The molecule has 2 aliphatic heterocycles. The summed E-state index contributed by atoms with van der Waals surface area (Å²) >= 11 is 0. The van der Waals surface area contributed by atoms with E-state index in [4.69, 9.17) is 0 Å². The number of halogens is 1. The van der Waals surface area contributed by atoms with E-state index in [0.717, 1.165) is 11.3 Å². The second-order valence-electron chi connectivity index (χ2n) is 9.75. The van der Waals surface area contributed by atoms with Gasteiger partial charge < -0.3 is 20.4 Å². The van der Waals surface area contributed by atoms with Gasteiger partial charge in [0.25, 0.3) is 5.91 Å². The summed E-state index contributed by atoms with van der Waals surface area (Å²) < 4.78 is 38.8. The number of anilines is 3. The first-order chi connectivity index (χ1) is 18.2. The number of carbonyl (C=O) groups excluding carboxylic acids is 2. The molecule has 2 heterocycles. The normalized spacial score (nSPS) is 17.4. The molecule has 1 fully saturated rings. The number of nitrogens with zero attached hydrogens (tertiary/aromatic N) is 2. The molecule has 2 aliphatic rings. The molecular formula is C28H29FN4O4S. The Morgan fingerprint density at radius 1 is 0.974 bits per heavy atom. The number of sulfone groups is 1. The zero-order valence-electron chi connectivity index (χ0n) is 21.0. The SMILES string of the molecule is Cc1cccc(CS(=O)(=O)C[C@@H]2Nc3ccc(C(=O)N4CCN(c5ccc(F)cc5)CC4)cc3NC2=O)c1. The van der Waals surface area contributed by atoms with Gasteiger partial charge in [0, 0.05) is 37.4 Å². The molecule has 1 saturated heterocycles. The lowest BCUT2D eigenvalue weighted by Gasteiger charge is -2.36. The summed E-state index contributed by atoms with van der Waals surface area (Å²) in [5.41, 5.74) is 4.02. The number of hydrogen-bond donors (Lipinski definition) is 2. The van der Waals surface area contributed by atoms with Crippen LogP contribution < -0.4 is 15.5 Å². The standard InChI is InChI=1S/C28H29FN4O4S/c1-19-3-2-4-20(15-19)17-38(36,37)18-26-27(34)31-25-16-21(5-10-24(25)30-26)28(35)33-13-11-32(12-14-33)23-8-6-22(29)7-9-23/h2-10,15-16,26,30H,11-14,17-18H2,1H3,(H,31,34)/t26-/m0/s1. The van der Waals surface area contributed by atoms with E-state index in [1.165, 1.54) is 12.1 Å². The van der Waals surface area contributed by atoms with Crippen molar-refractivity contribution in [2.24, 2.45) is 0 Å². The van der Waals surface area contributed by atoms with Gasteiger partial charge in [-0.25, -0.2) is 12.8 Å². The van der Waals surface area contributed by atoms with E-state index in [1.54, 1.807) is 41.3 Å². The molecule has 0 saturated carbocycles. The Bertz CT molecular complexity index is 1470. The van der Waals surface area contributed by atoms with Crippen molar-refractivity contribution in [3.8, 4) is 0 Å². The van der Waals surface area contributed by atoms with Crippen LogP contribution in [0.15, 0.2) is 66.7 Å². The number of rotatable bonds is 6. The molecule has 8 nitrogen and oxygen atoms in total. The molecule has 0 bridgehead atoms. The maximum Gasteiger partial charge on any atom is 0.254 e. The number of benzene rings is 3. The Balaban J connectivity index is 1.21. The van der Waals surface area contributed by atoms with Crippen molar-refractivity contribution in [1.82, 2.24) is 4.90 Å². The lowest BCUT2D eigenvalue weighted by atomic mass is 10.1. The Kier molecular flexibility index (Phi) is 7.07. The van der Waals surface area contributed by atoms with Crippen molar-refractivity contribution >= 4 is 38.7 Å². The van der Waals surface area contributed by atoms with Crippen molar-refractivity contribution in [2.45, 2.75) is 18.7 Å². The first-order valence-electron chi connectivity index (χ1n) is 12.4. The third-order valence-corrected chi connectivity index (χ3v) is 8.43. The Hall–Kier alpha value is -3.92. The maximum atomic E-state index is 13.2. The minimum absolute atomic E-state index is 0.144. The molecule has 2 N–H and O–H groups in total. The van der Waals surface area contributed by atoms with E-state index >= 15 is 0 Å². The second kappa shape index (κ2) is 10.4. The average Bonchev–Trinajstić information content (AvgIpc) is 2.88. The first-order valence-corrected chi connectivity index (χ1v) is 14.3. The van der Waals surface area contributed by atoms with E-state index in [9.17, 15) is 22.4 Å². The molecule has 0 unspecified atom stereocenters. The Morgan fingerprint density at radius 2 is 1.71 bits per heavy atom. The van der Waals surface area contributed by atoms with Crippen LogP contribution in [0.2, 0.25) is 0 Å². The zero-order valence-corrected chi connectivity index (χ0v) is 21.8. The lowest BCUT2D eigenvalue weighted by Crippen LogP contribution is -2.49. The highest BCUT2D eigenvalue weighted by Gasteiger charge is 2.31. The molecule has 198 valence electrons. The molecule has 3 aromatic rings. The van der Waals surface area contributed by atoms with Gasteiger partial charge >= 0.3 is 0 Å². The van der Waals surface area contributed by atoms with Crippen LogP contribution in [-0.4, -0.2) is 63.1 Å². The van der Waals surface area contributed by atoms with Gasteiger partial charge in [-0.3, -0.25) is 9.59 Å². The van der Waals surface area contributed by atoms with Crippen LogP contribution in [0.4, 0.5) is 21.5 Å². The van der Waals surface area contributed by atoms with Gasteiger partial charge in [0.1, 0.15) is 11.9 Å². The molecule has 10 heteroatoms. The second-order valence-corrected chi connectivity index (χ2v) is 11.9. The van der Waals surface area contributed by atoms with Crippen molar-refractivity contribution < 1.29 is 22.4 Å². The van der Waals surface area contributed by atoms with Gasteiger partial charge in [0.2, 0.25) is 5.91 Å². The third kappa shape index (κ3) is 5.80. The number of aryl methyl sites for hydroxylation is 1. The predicted octanol–water partition coefficient (Wildman–Crippen LogP) is 3.44. The monoisotopic (exact) mass is 536 g/mol. The molecule has 0 aromatic heterocycles. The van der Waals surface area contributed by atoms with E-state index < -0.39 is 21.8 Å². The van der Waals surface area contributed by atoms with Crippen LogP contribution in [-0.2, 0) is 20.4 Å². The molecule has 3 aromatic carbocycles. The molecule has 0 radical (unpaired) electrons. The third-order valence-electron chi connectivity index (χ3n) is 6.82. The van der Waals surface area contributed by atoms with Crippen LogP contribution in [0.25, 0.3) is 0 Å². The highest BCUT2D eigenvalue weighted by molar-refractivity contribution is 7.90. The van der Waals surface area contributed by atoms with Crippen LogP contribution in [0, 0.1) is 12.7 Å². The zero-order chi connectivity index (χ0) is 26.9. The molecule has 0 aliphatic carbocycles. The summed E-state index contributed by atoms with van der Waals surface area (Å²) in [6.45, 7) is 4.17. The quantitative estimate of drug-likeness (QED) is 0.501. The number of carbonyl (C=O) groups is 2. The first kappa shape index (κ1) is 25.7. The number of hydrogen-bond acceptors (Lipinski definition) is 6. The smallest absolute Gasteiger partial charge is 0.254 e. The van der Waals surface area contributed by atoms with Crippen molar-refractivity contribution in [3.63, 3.8) is 0 Å². The number of fused-ring (bicyclic) bond motifs is 1. The van der Waals surface area contributed by atoms with E-state index in [-0.39, 0.29) is 23.2 Å². The van der Waals surface area contributed by atoms with Gasteiger partial charge in [-0.15, -0.1) is 0 Å². The van der Waals surface area contributed by atoms with E-state index in [1.807, 2.05) is 25.1 Å². The Morgan fingerprint density at radius 3 is 2.42 bits per heavy atom. The minimum Gasteiger partial charge on any atom is -0.371 e. The van der Waals surface area contributed by atoms with Gasteiger partial charge in [-0.05, 0) is 55.0 Å². The molecule has 5 rings (SSSR count). The van der Waals surface area contributed by atoms with Crippen LogP contribution in [0.3, 0.4) is 0 Å². The van der Waals surface area contributed by atoms with Crippen molar-refractivity contribution in [3.05, 3.63) is 89.2 Å². The van der Waals surface area contributed by atoms with Crippen molar-refractivity contribution in [2.75, 3.05) is 47.5 Å². The summed E-state index contributed by atoms with van der Waals surface area (Å²) in [6.07, 6.45) is 0. The number of nitrogens with one attached hydrogen (secondary N) is 2. The topological polar surface area (TPSA) is 98.8 Å². The predicted molar refractivity (Wildman–Crippen MR) is 146 cm³/mol. The minimum atomic E-state index is -3.56. The van der Waals surface area contributed by atoms with Crippen LogP contribution >= 0.6 is 0 Å². The largest absolute Gasteiger partial charge is 0.371 e. The average molecular weight is 537 g/mol. The van der Waals surface area contributed by atoms with Gasteiger partial charge in [-0.1, -0.05) is 29.8 Å². The fraction of sp³-hybridized carbons (Fsp3) is 0.286. The highest BCUT2D eigenvalue weighted by atomic mass is 32.2. The van der Waals surface area contributed by atoms with Gasteiger partial charge in [-0.2, -0.15) is 0 Å². The Labute approximate surface area is 221 Å². The van der Waals surface area contributed by atoms with Crippen LogP contribution in [0.5, 0.6) is 0 Å². The maximum absolute atomic E-state index is 13.2. The molecular weight excluding hydrogens is 507 g/mol. The highest BCUT2D eigenvalue weighted by Crippen LogP contribution is 2.29. The number of amides is 2. The fourth-order valence-electron chi connectivity index (χ4n) is 4.87. The summed E-state index contributed by atoms with van der Waals surface area (Å²) in [4.78, 5) is 29.8. The van der Waals surface area contributed by atoms with Crippen LogP contribution in [0.1, 0.15) is 21.5 Å². The van der Waals surface area contributed by atoms with Gasteiger partial charge in [0.15, 0.2) is 9.84 Å². The lowest BCUT2D eigenvalue weighted by molar-refractivity contribution is -0.116. The summed E-state index contributed by atoms with van der Waals surface area (Å²) in [7, 11) is -3.56. The van der Waals surface area contributed by atoms with Crippen molar-refractivity contribution in [1.29, 1.82) is 0 Å².